The lowest BCUT2D eigenvalue weighted by Gasteiger charge is -2.08. The summed E-state index contributed by atoms with van der Waals surface area (Å²) in [4.78, 5) is 2.08. The molecule has 12 heteroatoms. The zero-order chi connectivity index (χ0) is 16.0. The molecule has 10 nitrogen and oxygen atoms in total. The molecule has 0 saturated carbocycles. The highest BCUT2D eigenvalue weighted by molar-refractivity contribution is 7.86. The molecule has 0 aliphatic heterocycles. The zero-order valence-corrected chi connectivity index (χ0v) is 12.0. The van der Waals surface area contributed by atoms with E-state index in [0.717, 1.165) is 6.07 Å². The second kappa shape index (κ2) is 4.77. The number of rotatable bonds is 3. The molecule has 0 spiro atoms. The number of aromatic nitrogens is 2. The maximum Gasteiger partial charge on any atom is 0.296 e. The Morgan fingerprint density at radius 1 is 1.14 bits per heavy atom. The minimum atomic E-state index is -4.83. The van der Waals surface area contributed by atoms with Gasteiger partial charge < -0.3 is 10.3 Å². The molecule has 0 fully saturated rings. The second-order valence-corrected chi connectivity index (χ2v) is 6.79. The van der Waals surface area contributed by atoms with Gasteiger partial charge in [0.25, 0.3) is 26.1 Å². The van der Waals surface area contributed by atoms with Crippen LogP contribution >= 0.6 is 0 Å². The van der Waals surface area contributed by atoms with Crippen molar-refractivity contribution >= 4 is 25.9 Å². The lowest BCUT2D eigenvalue weighted by atomic mass is 10.2. The van der Waals surface area contributed by atoms with Gasteiger partial charge in [-0.1, -0.05) is 5.16 Å². The number of nitrogens with two attached hydrogens (primary N) is 1. The average Bonchev–Trinajstić information content (AvgIpc) is 2.72. The van der Waals surface area contributed by atoms with Crippen LogP contribution in [-0.4, -0.2) is 36.1 Å². The summed E-state index contributed by atoms with van der Waals surface area (Å²) in [6, 6.07) is 1.37. The van der Waals surface area contributed by atoms with Gasteiger partial charge in [0.2, 0.25) is 0 Å². The first-order valence-electron chi connectivity index (χ1n) is 5.19. The first-order valence-corrected chi connectivity index (χ1v) is 8.07. The van der Waals surface area contributed by atoms with Gasteiger partial charge in [-0.05, 0) is 19.1 Å². The highest BCUT2D eigenvalue weighted by Gasteiger charge is 2.25. The van der Waals surface area contributed by atoms with Crippen LogP contribution in [0.5, 0.6) is 0 Å². The van der Waals surface area contributed by atoms with Crippen LogP contribution < -0.4 is 5.73 Å². The summed E-state index contributed by atoms with van der Waals surface area (Å²) in [6.45, 7) is 1.47. The normalized spacial score (nSPS) is 12.5. The summed E-state index contributed by atoms with van der Waals surface area (Å²) in [5, 5.41) is 3.45. The molecule has 1 aromatic carbocycles. The van der Waals surface area contributed by atoms with Crippen LogP contribution in [0, 0.1) is 6.92 Å². The molecule has 0 unspecified atom stereocenters. The monoisotopic (exact) mass is 335 g/mol. The van der Waals surface area contributed by atoms with E-state index in [9.17, 15) is 16.8 Å². The molecular formula is C9H9N3O7S2. The van der Waals surface area contributed by atoms with Crippen molar-refractivity contribution in [1.82, 2.24) is 10.1 Å². The van der Waals surface area contributed by atoms with E-state index in [0.29, 0.717) is 6.07 Å². The van der Waals surface area contributed by atoms with E-state index in [1.807, 2.05) is 0 Å². The first-order chi connectivity index (χ1) is 9.50. The third kappa shape index (κ3) is 3.02. The Labute approximate surface area is 119 Å². The van der Waals surface area contributed by atoms with E-state index in [-0.39, 0.29) is 17.3 Å². The van der Waals surface area contributed by atoms with E-state index in [1.54, 1.807) is 0 Å². The van der Waals surface area contributed by atoms with Crippen molar-refractivity contribution in [2.24, 2.45) is 0 Å². The van der Waals surface area contributed by atoms with Crippen molar-refractivity contribution in [3.05, 3.63) is 18.0 Å². The summed E-state index contributed by atoms with van der Waals surface area (Å²) in [5.41, 5.74) is 4.84. The number of hydrogen-bond acceptors (Lipinski definition) is 8. The molecular weight excluding hydrogens is 326 g/mol. The maximum atomic E-state index is 11.3. The lowest BCUT2D eigenvalue weighted by Crippen LogP contribution is -2.08. The van der Waals surface area contributed by atoms with Crippen LogP contribution in [0.2, 0.25) is 0 Å². The molecule has 0 aliphatic rings. The summed E-state index contributed by atoms with van der Waals surface area (Å²) < 4.78 is 67.8. The van der Waals surface area contributed by atoms with Gasteiger partial charge >= 0.3 is 0 Å². The van der Waals surface area contributed by atoms with E-state index < -0.39 is 35.7 Å². The van der Waals surface area contributed by atoms with Crippen LogP contribution in [0.4, 0.5) is 5.69 Å². The van der Waals surface area contributed by atoms with Crippen molar-refractivity contribution in [3.8, 4) is 11.5 Å². The van der Waals surface area contributed by atoms with E-state index >= 15 is 0 Å². The van der Waals surface area contributed by atoms with Crippen LogP contribution in [0.15, 0.2) is 26.4 Å². The fourth-order valence-electron chi connectivity index (χ4n) is 1.55. The van der Waals surface area contributed by atoms with Crippen molar-refractivity contribution < 1.29 is 30.5 Å². The minimum absolute atomic E-state index is 0.190. The lowest BCUT2D eigenvalue weighted by molar-refractivity contribution is 0.425. The fourth-order valence-corrected chi connectivity index (χ4v) is 2.82. The van der Waals surface area contributed by atoms with Gasteiger partial charge in [-0.25, -0.2) is 0 Å². The average molecular weight is 335 g/mol. The van der Waals surface area contributed by atoms with Gasteiger partial charge in [-0.15, -0.1) is 0 Å². The van der Waals surface area contributed by atoms with Crippen LogP contribution in [0.25, 0.3) is 11.5 Å². The first kappa shape index (κ1) is 15.4. The van der Waals surface area contributed by atoms with Crippen LogP contribution in [0.1, 0.15) is 5.82 Å². The van der Waals surface area contributed by atoms with Crippen molar-refractivity contribution in [2.45, 2.75) is 16.7 Å². The van der Waals surface area contributed by atoms with Gasteiger partial charge in [-0.3, -0.25) is 9.11 Å². The van der Waals surface area contributed by atoms with E-state index in [1.165, 1.54) is 6.92 Å². The SMILES string of the molecule is Cc1noc(-c2cc(S(=O)(=O)O)cc(S(=O)(=O)O)c2N)n1. The molecule has 114 valence electrons. The van der Waals surface area contributed by atoms with Gasteiger partial charge in [0.05, 0.1) is 16.1 Å². The van der Waals surface area contributed by atoms with Gasteiger partial charge in [-0.2, -0.15) is 21.8 Å². The van der Waals surface area contributed by atoms with Crippen LogP contribution in [0.3, 0.4) is 0 Å². The predicted octanol–water partition coefficient (Wildman–Crippen LogP) is 0.121. The Morgan fingerprint density at radius 2 is 1.76 bits per heavy atom. The molecule has 2 aromatic rings. The predicted molar refractivity (Wildman–Crippen MR) is 68.5 cm³/mol. The molecule has 0 saturated heterocycles. The molecule has 0 bridgehead atoms. The Balaban J connectivity index is 2.88. The Morgan fingerprint density at radius 3 is 2.19 bits per heavy atom. The quantitative estimate of drug-likeness (QED) is 0.516. The highest BCUT2D eigenvalue weighted by atomic mass is 32.2. The fraction of sp³-hybridized carbons (Fsp3) is 0.111. The minimum Gasteiger partial charge on any atom is -0.397 e. The highest BCUT2D eigenvalue weighted by Crippen LogP contribution is 2.33. The third-order valence-electron chi connectivity index (χ3n) is 2.45. The number of nitrogens with zero attached hydrogens (tertiary/aromatic N) is 2. The number of benzene rings is 1. The molecule has 0 radical (unpaired) electrons. The third-order valence-corrected chi connectivity index (χ3v) is 4.17. The Bertz CT molecular complexity index is 915. The van der Waals surface area contributed by atoms with Crippen molar-refractivity contribution in [2.75, 3.05) is 5.73 Å². The van der Waals surface area contributed by atoms with Crippen molar-refractivity contribution in [1.29, 1.82) is 0 Å². The summed E-state index contributed by atoms with van der Waals surface area (Å²) in [6.07, 6.45) is 0. The molecule has 2 rings (SSSR count). The number of anilines is 1. The standard InChI is InChI=1S/C9H9N3O7S2/c1-4-11-9(19-12-4)6-2-5(20(13,14)15)3-7(8(6)10)21(16,17)18/h2-3H,10H2,1H3,(H,13,14,15)(H,16,17,18). The molecule has 1 heterocycles. The summed E-state index contributed by atoms with van der Waals surface area (Å²) in [7, 11) is -9.58. The van der Waals surface area contributed by atoms with Gasteiger partial charge in [0.15, 0.2) is 5.82 Å². The summed E-state index contributed by atoms with van der Waals surface area (Å²) >= 11 is 0. The van der Waals surface area contributed by atoms with Crippen molar-refractivity contribution in [3.63, 3.8) is 0 Å². The number of aryl methyl sites for hydroxylation is 1. The van der Waals surface area contributed by atoms with E-state index in [2.05, 4.69) is 10.1 Å². The number of nitrogen functional groups attached to an aromatic ring is 1. The number of hydrogen-bond donors (Lipinski definition) is 3. The van der Waals surface area contributed by atoms with Crippen LogP contribution in [-0.2, 0) is 20.2 Å². The zero-order valence-electron chi connectivity index (χ0n) is 10.4. The largest absolute Gasteiger partial charge is 0.397 e. The summed E-state index contributed by atoms with van der Waals surface area (Å²) in [5.74, 6) is -0.0736. The molecule has 1 aromatic heterocycles. The Kier molecular flexibility index (Phi) is 3.49. The molecule has 4 N–H and O–H groups in total. The topological polar surface area (TPSA) is 174 Å². The molecule has 21 heavy (non-hydrogen) atoms. The Hall–Kier alpha value is -2.02. The molecule has 0 atom stereocenters. The molecule has 0 aliphatic carbocycles. The maximum absolute atomic E-state index is 11.3. The smallest absolute Gasteiger partial charge is 0.296 e. The van der Waals surface area contributed by atoms with E-state index in [4.69, 9.17) is 19.4 Å². The van der Waals surface area contributed by atoms with Gasteiger partial charge in [0.1, 0.15) is 4.90 Å². The van der Waals surface area contributed by atoms with Gasteiger partial charge in [0, 0.05) is 0 Å². The second-order valence-electron chi connectivity index (χ2n) is 3.98. The molecule has 0 amide bonds.